The summed E-state index contributed by atoms with van der Waals surface area (Å²) in [6.07, 6.45) is -2.92. The Balaban J connectivity index is 1.55. The quantitative estimate of drug-likeness (QED) is 0.489. The average Bonchev–Trinajstić information content (AvgIpc) is 2.86. The maximum absolute atomic E-state index is 13.5. The standard InChI is InChI=1S/C27H24F3N3O3/c1-31-13-11-17(12-14-31)32(2)24(34)20-9-10-22-23-19(20)7-4-8-21(23)25(35)33(26(22)36)18-6-3-5-16(15-18)27(28,29)30/h3-10,15,17H,11-14H2,1-2H3. The molecule has 0 saturated carbocycles. The molecule has 2 heterocycles. The van der Waals surface area contributed by atoms with Crippen LogP contribution in [0.5, 0.6) is 0 Å². The summed E-state index contributed by atoms with van der Waals surface area (Å²) in [7, 11) is 3.81. The second kappa shape index (κ2) is 8.74. The fourth-order valence-corrected chi connectivity index (χ4v) is 5.08. The maximum Gasteiger partial charge on any atom is 0.416 e. The summed E-state index contributed by atoms with van der Waals surface area (Å²) in [6.45, 7) is 1.78. The van der Waals surface area contributed by atoms with E-state index < -0.39 is 23.6 Å². The summed E-state index contributed by atoms with van der Waals surface area (Å²) in [5, 5.41) is 0.818. The number of nitrogens with zero attached hydrogens (tertiary/aromatic N) is 3. The first-order chi connectivity index (χ1) is 17.1. The molecule has 5 rings (SSSR count). The van der Waals surface area contributed by atoms with Crippen LogP contribution in [-0.2, 0) is 6.18 Å². The van der Waals surface area contributed by atoms with Crippen LogP contribution in [0.25, 0.3) is 10.8 Å². The highest BCUT2D eigenvalue weighted by Crippen LogP contribution is 2.37. The molecule has 6 nitrogen and oxygen atoms in total. The highest BCUT2D eigenvalue weighted by Gasteiger charge is 2.37. The van der Waals surface area contributed by atoms with Crippen LogP contribution in [-0.4, -0.2) is 60.7 Å². The molecule has 0 N–H and O–H groups in total. The molecule has 36 heavy (non-hydrogen) atoms. The molecule has 0 aliphatic carbocycles. The van der Waals surface area contributed by atoms with Gasteiger partial charge in [-0.2, -0.15) is 13.2 Å². The maximum atomic E-state index is 13.5. The van der Waals surface area contributed by atoms with E-state index in [0.29, 0.717) is 16.3 Å². The number of hydrogen-bond acceptors (Lipinski definition) is 4. The monoisotopic (exact) mass is 495 g/mol. The van der Waals surface area contributed by atoms with Gasteiger partial charge in [0.2, 0.25) is 0 Å². The minimum atomic E-state index is -4.62. The van der Waals surface area contributed by atoms with Crippen LogP contribution >= 0.6 is 0 Å². The van der Waals surface area contributed by atoms with Gasteiger partial charge >= 0.3 is 6.18 Å². The molecular weight excluding hydrogens is 471 g/mol. The lowest BCUT2D eigenvalue weighted by molar-refractivity contribution is -0.137. The third-order valence-electron chi connectivity index (χ3n) is 7.13. The molecule has 3 amide bonds. The zero-order chi connectivity index (χ0) is 25.8. The number of amides is 3. The van der Waals surface area contributed by atoms with Gasteiger partial charge in [-0.3, -0.25) is 14.4 Å². The SMILES string of the molecule is CN1CCC(N(C)C(=O)c2ccc3c4c(cccc24)C(=O)N(c2cccc(C(F)(F)F)c2)C3=O)CC1. The van der Waals surface area contributed by atoms with Gasteiger partial charge in [-0.1, -0.05) is 18.2 Å². The van der Waals surface area contributed by atoms with Gasteiger partial charge in [0.25, 0.3) is 17.7 Å². The smallest absolute Gasteiger partial charge is 0.339 e. The lowest BCUT2D eigenvalue weighted by atomic mass is 9.90. The van der Waals surface area contributed by atoms with Crippen molar-refractivity contribution >= 4 is 34.2 Å². The first-order valence-corrected chi connectivity index (χ1v) is 11.7. The Morgan fingerprint density at radius 1 is 0.944 bits per heavy atom. The third kappa shape index (κ3) is 3.93. The van der Waals surface area contributed by atoms with Crippen molar-refractivity contribution in [1.29, 1.82) is 0 Å². The minimum absolute atomic E-state index is 0.0826. The van der Waals surface area contributed by atoms with Gasteiger partial charge in [-0.05, 0) is 74.8 Å². The number of likely N-dealkylation sites (tertiary alicyclic amines) is 1. The second-order valence-electron chi connectivity index (χ2n) is 9.33. The van der Waals surface area contributed by atoms with Crippen LogP contribution < -0.4 is 4.90 Å². The summed E-state index contributed by atoms with van der Waals surface area (Å²) < 4.78 is 39.8. The molecule has 1 saturated heterocycles. The summed E-state index contributed by atoms with van der Waals surface area (Å²) in [5.41, 5.74) is -0.413. The Bertz CT molecular complexity index is 1370. The normalized spacial score (nSPS) is 17.1. The zero-order valence-electron chi connectivity index (χ0n) is 19.8. The predicted octanol–water partition coefficient (Wildman–Crippen LogP) is 4.83. The second-order valence-corrected chi connectivity index (χ2v) is 9.33. The Morgan fingerprint density at radius 3 is 2.25 bits per heavy atom. The first-order valence-electron chi connectivity index (χ1n) is 11.7. The number of carbonyl (C=O) groups is 3. The number of carbonyl (C=O) groups excluding carboxylic acids is 3. The Labute approximate surface area is 205 Å². The van der Waals surface area contributed by atoms with Crippen LogP contribution in [0.3, 0.4) is 0 Å². The van der Waals surface area contributed by atoms with E-state index >= 15 is 0 Å². The van der Waals surface area contributed by atoms with Crippen molar-refractivity contribution < 1.29 is 27.6 Å². The van der Waals surface area contributed by atoms with Crippen LogP contribution in [0, 0.1) is 0 Å². The molecule has 0 aromatic heterocycles. The molecule has 2 aliphatic heterocycles. The van der Waals surface area contributed by atoms with E-state index in [1.54, 1.807) is 30.1 Å². The molecule has 1 fully saturated rings. The first kappa shape index (κ1) is 24.0. The number of anilines is 1. The topological polar surface area (TPSA) is 60.9 Å². The predicted molar refractivity (Wildman–Crippen MR) is 129 cm³/mol. The number of imide groups is 1. The van der Waals surface area contributed by atoms with E-state index in [2.05, 4.69) is 4.90 Å². The number of alkyl halides is 3. The third-order valence-corrected chi connectivity index (χ3v) is 7.13. The van der Waals surface area contributed by atoms with E-state index in [1.165, 1.54) is 18.2 Å². The van der Waals surface area contributed by atoms with Gasteiger partial charge in [-0.15, -0.1) is 0 Å². The summed E-state index contributed by atoms with van der Waals surface area (Å²) in [4.78, 5) is 45.0. The van der Waals surface area contributed by atoms with Gasteiger partial charge in [0.1, 0.15) is 0 Å². The Kier molecular flexibility index (Phi) is 5.83. The van der Waals surface area contributed by atoms with E-state index in [9.17, 15) is 27.6 Å². The summed E-state index contributed by atoms with van der Waals surface area (Å²) in [6, 6.07) is 12.1. The summed E-state index contributed by atoms with van der Waals surface area (Å²) in [5.74, 6) is -1.66. The Morgan fingerprint density at radius 2 is 1.58 bits per heavy atom. The number of hydrogen-bond donors (Lipinski definition) is 0. The zero-order valence-corrected chi connectivity index (χ0v) is 19.8. The minimum Gasteiger partial charge on any atom is -0.339 e. The molecule has 0 bridgehead atoms. The van der Waals surface area contributed by atoms with Crippen molar-refractivity contribution in [3.63, 3.8) is 0 Å². The number of halogens is 3. The largest absolute Gasteiger partial charge is 0.416 e. The van der Waals surface area contributed by atoms with E-state index in [1.807, 2.05) is 7.05 Å². The van der Waals surface area contributed by atoms with Crippen molar-refractivity contribution in [3.8, 4) is 0 Å². The number of benzene rings is 3. The fourth-order valence-electron chi connectivity index (χ4n) is 5.08. The van der Waals surface area contributed by atoms with E-state index in [0.717, 1.165) is 49.0 Å². The Hall–Kier alpha value is -3.72. The van der Waals surface area contributed by atoms with Crippen molar-refractivity contribution in [1.82, 2.24) is 9.80 Å². The molecule has 0 radical (unpaired) electrons. The van der Waals surface area contributed by atoms with Gasteiger partial charge in [0.05, 0.1) is 11.3 Å². The highest BCUT2D eigenvalue weighted by molar-refractivity contribution is 6.36. The van der Waals surface area contributed by atoms with Crippen LogP contribution in [0.2, 0.25) is 0 Å². The highest BCUT2D eigenvalue weighted by atomic mass is 19.4. The van der Waals surface area contributed by atoms with E-state index in [-0.39, 0.29) is 28.8 Å². The van der Waals surface area contributed by atoms with Crippen molar-refractivity contribution in [2.24, 2.45) is 0 Å². The molecule has 0 atom stereocenters. The lowest BCUT2D eigenvalue weighted by Gasteiger charge is -2.35. The van der Waals surface area contributed by atoms with Crippen LogP contribution in [0.15, 0.2) is 54.6 Å². The number of piperidine rings is 1. The molecule has 0 spiro atoms. The van der Waals surface area contributed by atoms with Gasteiger partial charge in [0.15, 0.2) is 0 Å². The molecule has 186 valence electrons. The molecule has 3 aromatic rings. The van der Waals surface area contributed by atoms with Gasteiger partial charge < -0.3 is 9.80 Å². The number of rotatable bonds is 3. The van der Waals surface area contributed by atoms with Crippen molar-refractivity contribution in [3.05, 3.63) is 76.9 Å². The van der Waals surface area contributed by atoms with E-state index in [4.69, 9.17) is 0 Å². The summed E-state index contributed by atoms with van der Waals surface area (Å²) >= 11 is 0. The molecule has 0 unspecified atom stereocenters. The van der Waals surface area contributed by atoms with Gasteiger partial charge in [-0.25, -0.2) is 4.90 Å². The fraction of sp³-hybridized carbons (Fsp3) is 0.296. The van der Waals surface area contributed by atoms with Gasteiger partial charge in [0, 0.05) is 35.2 Å². The molecule has 9 heteroatoms. The van der Waals surface area contributed by atoms with Crippen molar-refractivity contribution in [2.75, 3.05) is 32.1 Å². The van der Waals surface area contributed by atoms with Crippen LogP contribution in [0.4, 0.5) is 18.9 Å². The van der Waals surface area contributed by atoms with Crippen LogP contribution in [0.1, 0.15) is 49.5 Å². The lowest BCUT2D eigenvalue weighted by Crippen LogP contribution is -2.44. The average molecular weight is 496 g/mol. The van der Waals surface area contributed by atoms with Crippen molar-refractivity contribution in [2.45, 2.75) is 25.1 Å². The molecular formula is C27H24F3N3O3. The molecule has 2 aliphatic rings. The molecule has 3 aromatic carbocycles.